The number of nitro benzene ring substituents is 1. The van der Waals surface area contributed by atoms with Crippen molar-refractivity contribution >= 4 is 15.7 Å². The molecule has 2 aromatic carbocycles. The Balaban J connectivity index is 2.06. The van der Waals surface area contributed by atoms with Gasteiger partial charge < -0.3 is 5.11 Å². The third kappa shape index (κ3) is 3.88. The van der Waals surface area contributed by atoms with Crippen molar-refractivity contribution in [3.63, 3.8) is 0 Å². The van der Waals surface area contributed by atoms with Gasteiger partial charge in [-0.25, -0.2) is 13.1 Å². The maximum Gasteiger partial charge on any atom is 0.269 e. The SMILES string of the molecule is O=[N+]([O-])c1ccc(S(=O)(=O)NC[C@@H](O)c2ccccc2)cc1. The Morgan fingerprint density at radius 3 is 2.23 bits per heavy atom. The minimum Gasteiger partial charge on any atom is -0.387 e. The lowest BCUT2D eigenvalue weighted by Crippen LogP contribution is -2.28. The van der Waals surface area contributed by atoms with E-state index in [9.17, 15) is 23.6 Å². The minimum atomic E-state index is -3.84. The fourth-order valence-electron chi connectivity index (χ4n) is 1.81. The number of rotatable bonds is 6. The van der Waals surface area contributed by atoms with Crippen LogP contribution in [-0.2, 0) is 10.0 Å². The predicted octanol–water partition coefficient (Wildman–Crippen LogP) is 1.61. The summed E-state index contributed by atoms with van der Waals surface area (Å²) in [6.45, 7) is -0.191. The second kappa shape index (κ2) is 6.65. The number of aliphatic hydroxyl groups is 1. The highest BCUT2D eigenvalue weighted by atomic mass is 32.2. The topological polar surface area (TPSA) is 110 Å². The molecule has 116 valence electrons. The number of nitrogens with one attached hydrogen (secondary N) is 1. The first kappa shape index (κ1) is 16.1. The molecule has 22 heavy (non-hydrogen) atoms. The number of hydrogen-bond donors (Lipinski definition) is 2. The monoisotopic (exact) mass is 322 g/mol. The molecule has 0 saturated carbocycles. The molecule has 2 aromatic rings. The smallest absolute Gasteiger partial charge is 0.269 e. The Labute approximate surface area is 127 Å². The van der Waals surface area contributed by atoms with Crippen LogP contribution in [0, 0.1) is 10.1 Å². The highest BCUT2D eigenvalue weighted by Gasteiger charge is 2.17. The van der Waals surface area contributed by atoms with Gasteiger partial charge in [-0.3, -0.25) is 10.1 Å². The van der Waals surface area contributed by atoms with E-state index in [1.165, 1.54) is 0 Å². The molecule has 0 aromatic heterocycles. The first-order valence-electron chi connectivity index (χ1n) is 6.37. The number of nitrogens with zero attached hydrogens (tertiary/aromatic N) is 1. The van der Waals surface area contributed by atoms with E-state index >= 15 is 0 Å². The van der Waals surface area contributed by atoms with Gasteiger partial charge in [0.15, 0.2) is 0 Å². The number of nitro groups is 1. The zero-order chi connectivity index (χ0) is 16.2. The van der Waals surface area contributed by atoms with Crippen molar-refractivity contribution in [3.8, 4) is 0 Å². The average Bonchev–Trinajstić information content (AvgIpc) is 2.53. The van der Waals surface area contributed by atoms with Crippen LogP contribution in [-0.4, -0.2) is 25.0 Å². The lowest BCUT2D eigenvalue weighted by molar-refractivity contribution is -0.384. The molecule has 1 atom stereocenters. The van der Waals surface area contributed by atoms with Crippen molar-refractivity contribution < 1.29 is 18.4 Å². The van der Waals surface area contributed by atoms with E-state index in [2.05, 4.69) is 4.72 Å². The molecule has 0 aliphatic heterocycles. The molecule has 0 bridgehead atoms. The molecular formula is C14H14N2O5S. The zero-order valence-corrected chi connectivity index (χ0v) is 12.2. The van der Waals surface area contributed by atoms with Crippen LogP contribution in [0.15, 0.2) is 59.5 Å². The number of benzene rings is 2. The molecule has 0 fully saturated rings. The van der Waals surface area contributed by atoms with Gasteiger partial charge >= 0.3 is 0 Å². The molecule has 0 radical (unpaired) electrons. The van der Waals surface area contributed by atoms with Gasteiger partial charge in [0.2, 0.25) is 10.0 Å². The molecular weight excluding hydrogens is 308 g/mol. The Kier molecular flexibility index (Phi) is 4.86. The van der Waals surface area contributed by atoms with Crippen LogP contribution in [0.5, 0.6) is 0 Å². The van der Waals surface area contributed by atoms with Crippen LogP contribution in [0.25, 0.3) is 0 Å². The molecule has 7 nitrogen and oxygen atoms in total. The Morgan fingerprint density at radius 2 is 1.68 bits per heavy atom. The predicted molar refractivity (Wildman–Crippen MR) is 79.7 cm³/mol. The largest absolute Gasteiger partial charge is 0.387 e. The highest BCUT2D eigenvalue weighted by molar-refractivity contribution is 7.89. The summed E-state index contributed by atoms with van der Waals surface area (Å²) in [5.74, 6) is 0. The number of hydrogen-bond acceptors (Lipinski definition) is 5. The summed E-state index contributed by atoms with van der Waals surface area (Å²) in [6.07, 6.45) is -0.978. The molecule has 0 unspecified atom stereocenters. The first-order valence-corrected chi connectivity index (χ1v) is 7.85. The molecule has 0 aliphatic carbocycles. The molecule has 2 rings (SSSR count). The summed E-state index contributed by atoms with van der Waals surface area (Å²) in [5.41, 5.74) is 0.400. The van der Waals surface area contributed by atoms with Crippen molar-refractivity contribution in [1.82, 2.24) is 4.72 Å². The van der Waals surface area contributed by atoms with Gasteiger partial charge in [-0.05, 0) is 17.7 Å². The van der Waals surface area contributed by atoms with Crippen LogP contribution < -0.4 is 4.72 Å². The summed E-state index contributed by atoms with van der Waals surface area (Å²) in [5, 5.41) is 20.5. The second-order valence-electron chi connectivity index (χ2n) is 4.53. The highest BCUT2D eigenvalue weighted by Crippen LogP contribution is 2.17. The van der Waals surface area contributed by atoms with E-state index in [0.29, 0.717) is 5.56 Å². The molecule has 0 saturated heterocycles. The zero-order valence-electron chi connectivity index (χ0n) is 11.4. The van der Waals surface area contributed by atoms with E-state index in [4.69, 9.17) is 0 Å². The standard InChI is InChI=1S/C14H14N2O5S/c17-14(11-4-2-1-3-5-11)10-15-22(20,21)13-8-6-12(7-9-13)16(18)19/h1-9,14-15,17H,10H2/t14-/m1/s1. The number of aliphatic hydroxyl groups excluding tert-OH is 1. The van der Waals surface area contributed by atoms with Gasteiger partial charge in [0.05, 0.1) is 15.9 Å². The minimum absolute atomic E-state index is 0.0987. The van der Waals surface area contributed by atoms with E-state index in [-0.39, 0.29) is 17.1 Å². The van der Waals surface area contributed by atoms with E-state index < -0.39 is 21.1 Å². The van der Waals surface area contributed by atoms with Crippen molar-refractivity contribution in [2.45, 2.75) is 11.0 Å². The summed E-state index contributed by atoms with van der Waals surface area (Å²) < 4.78 is 26.4. The van der Waals surface area contributed by atoms with Gasteiger partial charge in [-0.1, -0.05) is 30.3 Å². The summed E-state index contributed by atoms with van der Waals surface area (Å²) in [4.78, 5) is 9.83. The fraction of sp³-hybridized carbons (Fsp3) is 0.143. The van der Waals surface area contributed by atoms with Gasteiger partial charge in [0.1, 0.15) is 0 Å². The number of sulfonamides is 1. The third-order valence-corrected chi connectivity index (χ3v) is 4.45. The summed E-state index contributed by atoms with van der Waals surface area (Å²) >= 11 is 0. The third-order valence-electron chi connectivity index (χ3n) is 3.01. The molecule has 0 spiro atoms. The molecule has 8 heteroatoms. The first-order chi connectivity index (χ1) is 10.4. The van der Waals surface area contributed by atoms with E-state index in [1.54, 1.807) is 30.3 Å². The van der Waals surface area contributed by atoms with Gasteiger partial charge in [-0.15, -0.1) is 0 Å². The van der Waals surface area contributed by atoms with Crippen molar-refractivity contribution in [3.05, 3.63) is 70.3 Å². The lowest BCUT2D eigenvalue weighted by Gasteiger charge is -2.12. The summed E-state index contributed by atoms with van der Waals surface area (Å²) in [7, 11) is -3.84. The van der Waals surface area contributed by atoms with Crippen LogP contribution in [0.2, 0.25) is 0 Å². The van der Waals surface area contributed by atoms with Gasteiger partial charge in [-0.2, -0.15) is 0 Å². The maximum absolute atomic E-state index is 12.1. The maximum atomic E-state index is 12.1. The Morgan fingerprint density at radius 1 is 1.09 bits per heavy atom. The average molecular weight is 322 g/mol. The molecule has 2 N–H and O–H groups in total. The number of non-ortho nitro benzene ring substituents is 1. The Bertz CT molecular complexity index is 745. The Hall–Kier alpha value is -2.29. The van der Waals surface area contributed by atoms with Crippen molar-refractivity contribution in [2.75, 3.05) is 6.54 Å². The molecule has 0 amide bonds. The van der Waals surface area contributed by atoms with E-state index in [1.807, 2.05) is 0 Å². The summed E-state index contributed by atoms with van der Waals surface area (Å²) in [6, 6.07) is 13.2. The quantitative estimate of drug-likeness (QED) is 0.620. The lowest BCUT2D eigenvalue weighted by atomic mass is 10.1. The van der Waals surface area contributed by atoms with Crippen LogP contribution in [0.1, 0.15) is 11.7 Å². The second-order valence-corrected chi connectivity index (χ2v) is 6.30. The van der Waals surface area contributed by atoms with Gasteiger partial charge in [0, 0.05) is 18.7 Å². The van der Waals surface area contributed by atoms with E-state index in [0.717, 1.165) is 24.3 Å². The molecule has 0 aliphatic rings. The molecule has 0 heterocycles. The van der Waals surface area contributed by atoms with Crippen LogP contribution >= 0.6 is 0 Å². The van der Waals surface area contributed by atoms with Crippen LogP contribution in [0.3, 0.4) is 0 Å². The van der Waals surface area contributed by atoms with Gasteiger partial charge in [0.25, 0.3) is 5.69 Å². The van der Waals surface area contributed by atoms with Crippen LogP contribution in [0.4, 0.5) is 5.69 Å². The van der Waals surface area contributed by atoms with Crippen molar-refractivity contribution in [1.29, 1.82) is 0 Å². The van der Waals surface area contributed by atoms with Crippen molar-refractivity contribution in [2.24, 2.45) is 0 Å². The normalized spacial score (nSPS) is 12.8. The fourth-order valence-corrected chi connectivity index (χ4v) is 2.85.